The molecule has 5 nitrogen and oxygen atoms in total. The van der Waals surface area contributed by atoms with Gasteiger partial charge in [0, 0.05) is 6.42 Å². The SMILES string of the molecule is Cl.Cl.O=C(Cl)CC12CCN(CC1)CC2.O=C(O)CC12CCN(CC1)CC2. The van der Waals surface area contributed by atoms with Crippen LogP contribution in [-0.2, 0) is 9.59 Å². The van der Waals surface area contributed by atoms with Crippen LogP contribution in [0.2, 0.25) is 0 Å². The molecule has 26 heavy (non-hydrogen) atoms. The van der Waals surface area contributed by atoms with Crippen LogP contribution in [0.5, 0.6) is 0 Å². The average molecular weight is 430 g/mol. The molecule has 6 aliphatic heterocycles. The first-order chi connectivity index (χ1) is 11.4. The maximum absolute atomic E-state index is 10.8. The number of carbonyl (C=O) groups excluding carboxylic acids is 1. The first kappa shape index (κ1) is 24.0. The van der Waals surface area contributed by atoms with Crippen molar-refractivity contribution in [1.82, 2.24) is 9.80 Å². The Bertz CT molecular complexity index is 417. The van der Waals surface area contributed by atoms with Crippen LogP contribution in [0, 0.1) is 10.8 Å². The van der Waals surface area contributed by atoms with Crippen LogP contribution in [0.25, 0.3) is 0 Å². The number of carboxylic acids is 1. The van der Waals surface area contributed by atoms with Crippen LogP contribution < -0.4 is 0 Å². The van der Waals surface area contributed by atoms with Gasteiger partial charge in [-0.1, -0.05) is 0 Å². The van der Waals surface area contributed by atoms with Gasteiger partial charge in [0.15, 0.2) is 0 Å². The number of aliphatic carboxylic acids is 1. The molecule has 6 fully saturated rings. The summed E-state index contributed by atoms with van der Waals surface area (Å²) in [7, 11) is 0. The quantitative estimate of drug-likeness (QED) is 0.694. The highest BCUT2D eigenvalue weighted by Gasteiger charge is 2.41. The zero-order valence-electron chi connectivity index (χ0n) is 15.3. The molecule has 6 rings (SSSR count). The summed E-state index contributed by atoms with van der Waals surface area (Å²) in [5.41, 5.74) is 0.453. The highest BCUT2D eigenvalue weighted by molar-refractivity contribution is 6.63. The fourth-order valence-corrected chi connectivity index (χ4v) is 5.22. The Morgan fingerprint density at radius 3 is 1.31 bits per heavy atom. The summed E-state index contributed by atoms with van der Waals surface area (Å²) >= 11 is 5.44. The van der Waals surface area contributed by atoms with E-state index in [4.69, 9.17) is 16.7 Å². The molecule has 0 atom stereocenters. The van der Waals surface area contributed by atoms with Crippen molar-refractivity contribution in [2.24, 2.45) is 10.8 Å². The molecule has 6 saturated heterocycles. The average Bonchev–Trinajstić information content (AvgIpc) is 2.56. The Hall–Kier alpha value is -0.0700. The number of nitrogens with zero attached hydrogens (tertiary/aromatic N) is 2. The molecule has 0 spiro atoms. The minimum absolute atomic E-state index is 0. The summed E-state index contributed by atoms with van der Waals surface area (Å²) in [6.45, 7) is 6.87. The number of halogens is 3. The van der Waals surface area contributed by atoms with Crippen molar-refractivity contribution in [3.05, 3.63) is 0 Å². The maximum Gasteiger partial charge on any atom is 0.303 e. The first-order valence-corrected chi connectivity index (χ1v) is 9.63. The number of rotatable bonds is 4. The highest BCUT2D eigenvalue weighted by Crippen LogP contribution is 2.43. The largest absolute Gasteiger partial charge is 0.481 e. The first-order valence-electron chi connectivity index (χ1n) is 9.25. The molecule has 0 aromatic rings. The molecule has 0 amide bonds. The van der Waals surface area contributed by atoms with E-state index in [2.05, 4.69) is 9.80 Å². The Kier molecular flexibility index (Phi) is 9.15. The number of carbonyl (C=O) groups is 2. The monoisotopic (exact) mass is 428 g/mol. The fraction of sp³-hybridized carbons (Fsp3) is 0.889. The van der Waals surface area contributed by atoms with Gasteiger partial charge in [-0.25, -0.2) is 0 Å². The minimum Gasteiger partial charge on any atom is -0.481 e. The predicted molar refractivity (Wildman–Crippen MR) is 108 cm³/mol. The summed E-state index contributed by atoms with van der Waals surface area (Å²) in [4.78, 5) is 26.4. The third-order valence-corrected chi connectivity index (χ3v) is 6.92. The molecule has 6 aliphatic rings. The van der Waals surface area contributed by atoms with Crippen molar-refractivity contribution in [2.45, 2.75) is 51.4 Å². The van der Waals surface area contributed by atoms with Crippen molar-refractivity contribution in [2.75, 3.05) is 39.3 Å². The second kappa shape index (κ2) is 9.92. The standard InChI is InChI=1S/C9H14ClNO.C9H15NO2.2ClH/c10-8(12)7-9-1-4-11(5-2-9)6-3-9;11-8(12)7-9-1-4-10(5-2-9)6-3-9;;/h1-7H2;1-7H2,(H,11,12);2*1H. The molecule has 8 heteroatoms. The van der Waals surface area contributed by atoms with Gasteiger partial charge in [-0.15, -0.1) is 24.8 Å². The van der Waals surface area contributed by atoms with Gasteiger partial charge in [0.05, 0.1) is 6.42 Å². The molecule has 0 aromatic carbocycles. The molecule has 0 radical (unpaired) electrons. The van der Waals surface area contributed by atoms with Gasteiger partial charge in [0.2, 0.25) is 5.24 Å². The molecule has 4 bridgehead atoms. The van der Waals surface area contributed by atoms with Crippen LogP contribution in [0.15, 0.2) is 0 Å². The molecule has 0 unspecified atom stereocenters. The van der Waals surface area contributed by atoms with Crippen molar-refractivity contribution >= 4 is 47.6 Å². The number of hydrogen-bond donors (Lipinski definition) is 1. The lowest BCUT2D eigenvalue weighted by molar-refractivity contribution is -0.142. The number of carboxylic acid groups (broad SMARTS) is 1. The Morgan fingerprint density at radius 2 is 1.04 bits per heavy atom. The van der Waals surface area contributed by atoms with E-state index in [1.165, 1.54) is 38.9 Å². The van der Waals surface area contributed by atoms with Crippen molar-refractivity contribution in [3.63, 3.8) is 0 Å². The number of hydrogen-bond acceptors (Lipinski definition) is 4. The van der Waals surface area contributed by atoms with E-state index in [1.54, 1.807) is 0 Å². The molecular formula is C18H31Cl3N2O3. The van der Waals surface area contributed by atoms with E-state index in [1.807, 2.05) is 0 Å². The Labute approximate surface area is 173 Å². The van der Waals surface area contributed by atoms with E-state index < -0.39 is 5.97 Å². The zero-order chi connectivity index (χ0) is 17.2. The van der Waals surface area contributed by atoms with Gasteiger partial charge in [-0.2, -0.15) is 0 Å². The lowest BCUT2D eigenvalue weighted by Gasteiger charge is -2.47. The maximum atomic E-state index is 10.8. The molecule has 6 heterocycles. The second-order valence-electron chi connectivity index (χ2n) is 8.29. The van der Waals surface area contributed by atoms with Gasteiger partial charge in [-0.3, -0.25) is 9.59 Å². The normalized spacial score (nSPS) is 36.8. The van der Waals surface area contributed by atoms with Crippen molar-refractivity contribution < 1.29 is 14.7 Å². The molecule has 0 aliphatic carbocycles. The molecule has 152 valence electrons. The number of piperidine rings is 6. The summed E-state index contributed by atoms with van der Waals surface area (Å²) < 4.78 is 0. The third-order valence-electron chi connectivity index (χ3n) is 6.79. The smallest absolute Gasteiger partial charge is 0.303 e. The Morgan fingerprint density at radius 1 is 0.731 bits per heavy atom. The van der Waals surface area contributed by atoms with E-state index >= 15 is 0 Å². The van der Waals surface area contributed by atoms with E-state index in [0.717, 1.165) is 38.9 Å². The van der Waals surface area contributed by atoms with E-state index in [0.29, 0.717) is 12.8 Å². The summed E-state index contributed by atoms with van der Waals surface area (Å²) in [6.07, 6.45) is 7.80. The Balaban J connectivity index is 0.000000241. The highest BCUT2D eigenvalue weighted by atomic mass is 35.5. The number of fused-ring (bicyclic) bond motifs is 6. The van der Waals surface area contributed by atoms with Gasteiger partial charge >= 0.3 is 5.97 Å². The van der Waals surface area contributed by atoms with Crippen LogP contribution in [0.3, 0.4) is 0 Å². The zero-order valence-corrected chi connectivity index (χ0v) is 17.6. The molecule has 0 aromatic heterocycles. The lowest BCUT2D eigenvalue weighted by Crippen LogP contribution is -2.48. The van der Waals surface area contributed by atoms with Crippen LogP contribution in [-0.4, -0.2) is 65.4 Å². The van der Waals surface area contributed by atoms with Crippen molar-refractivity contribution in [1.29, 1.82) is 0 Å². The van der Waals surface area contributed by atoms with Crippen LogP contribution in [0.1, 0.15) is 51.4 Å². The summed E-state index contributed by atoms with van der Waals surface area (Å²) in [5, 5.41) is 8.62. The predicted octanol–water partition coefficient (Wildman–Crippen LogP) is 3.42. The third kappa shape index (κ3) is 5.96. The van der Waals surface area contributed by atoms with Crippen molar-refractivity contribution in [3.8, 4) is 0 Å². The van der Waals surface area contributed by atoms with Crippen LogP contribution in [0.4, 0.5) is 0 Å². The summed E-state index contributed by atoms with van der Waals surface area (Å²) in [6, 6.07) is 0. The molecule has 0 saturated carbocycles. The van der Waals surface area contributed by atoms with E-state index in [9.17, 15) is 9.59 Å². The topological polar surface area (TPSA) is 60.9 Å². The van der Waals surface area contributed by atoms with E-state index in [-0.39, 0.29) is 40.9 Å². The minimum atomic E-state index is -0.620. The molecular weight excluding hydrogens is 399 g/mol. The fourth-order valence-electron chi connectivity index (χ4n) is 4.94. The second-order valence-corrected chi connectivity index (χ2v) is 8.71. The van der Waals surface area contributed by atoms with Gasteiger partial charge in [0.1, 0.15) is 0 Å². The van der Waals surface area contributed by atoms with Gasteiger partial charge in [0.25, 0.3) is 0 Å². The lowest BCUT2D eigenvalue weighted by atomic mass is 9.70. The summed E-state index contributed by atoms with van der Waals surface area (Å²) in [5.74, 6) is -0.620. The molecule has 1 N–H and O–H groups in total. The van der Waals surface area contributed by atoms with Gasteiger partial charge < -0.3 is 14.9 Å². The van der Waals surface area contributed by atoms with Gasteiger partial charge in [-0.05, 0) is 100 Å². The van der Waals surface area contributed by atoms with Crippen LogP contribution >= 0.6 is 36.4 Å².